The molecule has 0 unspecified atom stereocenters. The lowest BCUT2D eigenvalue weighted by Crippen LogP contribution is -2.31. The third kappa shape index (κ3) is 4.62. The van der Waals surface area contributed by atoms with E-state index in [1.54, 1.807) is 39.2 Å². The second-order valence-electron chi connectivity index (χ2n) is 6.86. The van der Waals surface area contributed by atoms with Crippen molar-refractivity contribution in [1.82, 2.24) is 14.6 Å². The van der Waals surface area contributed by atoms with Gasteiger partial charge >= 0.3 is 0 Å². The second kappa shape index (κ2) is 9.32. The Kier molecular flexibility index (Phi) is 6.77. The van der Waals surface area contributed by atoms with Crippen molar-refractivity contribution in [3.8, 4) is 5.75 Å². The Labute approximate surface area is 180 Å². The predicted molar refractivity (Wildman–Crippen MR) is 119 cm³/mol. The number of sulfonamides is 1. The molecule has 0 aliphatic rings. The number of aromatic amines is 1. The molecule has 9 heteroatoms. The average molecular weight is 444 g/mol. The van der Waals surface area contributed by atoms with Crippen molar-refractivity contribution < 1.29 is 17.9 Å². The molecule has 0 aliphatic carbocycles. The van der Waals surface area contributed by atoms with E-state index >= 15 is 0 Å². The van der Waals surface area contributed by atoms with Gasteiger partial charge in [-0.3, -0.25) is 9.59 Å². The van der Waals surface area contributed by atoms with Gasteiger partial charge in [-0.2, -0.15) is 4.31 Å². The summed E-state index contributed by atoms with van der Waals surface area (Å²) in [4.78, 5) is 28.5. The number of hydrogen-bond acceptors (Lipinski definition) is 5. The molecule has 1 heterocycles. The molecular weight excluding hydrogens is 418 g/mol. The molecule has 0 spiro atoms. The van der Waals surface area contributed by atoms with Crippen molar-refractivity contribution in [1.29, 1.82) is 0 Å². The van der Waals surface area contributed by atoms with Crippen molar-refractivity contribution >= 4 is 26.8 Å². The van der Waals surface area contributed by atoms with E-state index in [1.165, 1.54) is 28.7 Å². The minimum Gasteiger partial charge on any atom is -0.497 e. The van der Waals surface area contributed by atoms with Crippen molar-refractivity contribution in [3.05, 3.63) is 70.0 Å². The largest absolute Gasteiger partial charge is 0.497 e. The maximum atomic E-state index is 13.0. The number of carbonyl (C=O) groups is 1. The lowest BCUT2D eigenvalue weighted by atomic mass is 10.1. The molecule has 0 aliphatic heterocycles. The number of methoxy groups -OCH3 is 1. The first-order chi connectivity index (χ1) is 14.8. The van der Waals surface area contributed by atoms with Crippen LogP contribution in [0.5, 0.6) is 5.75 Å². The van der Waals surface area contributed by atoms with Crippen LogP contribution in [0.15, 0.2) is 58.4 Å². The number of ether oxygens (including phenoxy) is 1. The summed E-state index contributed by atoms with van der Waals surface area (Å²) in [6.45, 7) is 4.35. The molecule has 1 amide bonds. The third-order valence-corrected chi connectivity index (χ3v) is 7.07. The van der Waals surface area contributed by atoms with Gasteiger partial charge in [-0.05, 0) is 35.9 Å². The fourth-order valence-corrected chi connectivity index (χ4v) is 4.78. The first-order valence-electron chi connectivity index (χ1n) is 9.88. The van der Waals surface area contributed by atoms with Crippen LogP contribution in [0.25, 0.3) is 10.9 Å². The van der Waals surface area contributed by atoms with Crippen LogP contribution in [0.4, 0.5) is 0 Å². The Balaban J connectivity index is 1.92. The topological polar surface area (TPSA) is 109 Å². The summed E-state index contributed by atoms with van der Waals surface area (Å²) in [7, 11) is -2.17. The third-order valence-electron chi connectivity index (χ3n) is 5.03. The van der Waals surface area contributed by atoms with Crippen LogP contribution >= 0.6 is 0 Å². The van der Waals surface area contributed by atoms with E-state index in [-0.39, 0.29) is 22.4 Å². The number of nitrogens with zero attached hydrogens (tertiary/aromatic N) is 1. The van der Waals surface area contributed by atoms with Gasteiger partial charge in [-0.25, -0.2) is 8.42 Å². The highest BCUT2D eigenvalue weighted by molar-refractivity contribution is 7.89. The maximum absolute atomic E-state index is 13.0. The summed E-state index contributed by atoms with van der Waals surface area (Å²) in [5.41, 5.74) is 0.645. The molecule has 0 radical (unpaired) electrons. The number of H-pyrrole nitrogens is 1. The highest BCUT2D eigenvalue weighted by atomic mass is 32.2. The first-order valence-corrected chi connectivity index (χ1v) is 11.3. The number of amides is 1. The van der Waals surface area contributed by atoms with Gasteiger partial charge in [0.15, 0.2) is 0 Å². The molecule has 1 aromatic heterocycles. The van der Waals surface area contributed by atoms with Gasteiger partial charge < -0.3 is 15.0 Å². The molecule has 2 N–H and O–H groups in total. The van der Waals surface area contributed by atoms with E-state index in [1.807, 2.05) is 6.07 Å². The lowest BCUT2D eigenvalue weighted by molar-refractivity contribution is 0.0949. The standard InChI is InChI=1S/C22H25N3O5S/c1-4-25(5-2)31(28,29)17-9-10-20-18(12-17)21(26)19(14-23-20)22(27)24-13-15-7-6-8-16(11-15)30-3/h6-12,14H,4-5,13H2,1-3H3,(H,23,26)(H,24,27). The highest BCUT2D eigenvalue weighted by Crippen LogP contribution is 2.19. The van der Waals surface area contributed by atoms with Crippen LogP contribution in [0.2, 0.25) is 0 Å². The summed E-state index contributed by atoms with van der Waals surface area (Å²) in [6.07, 6.45) is 1.34. The Morgan fingerprint density at radius 2 is 1.87 bits per heavy atom. The number of benzene rings is 2. The molecule has 0 bridgehead atoms. The second-order valence-corrected chi connectivity index (χ2v) is 8.80. The van der Waals surface area contributed by atoms with Gasteiger partial charge in [0.05, 0.1) is 12.0 Å². The van der Waals surface area contributed by atoms with Crippen LogP contribution in [0, 0.1) is 0 Å². The molecule has 3 aromatic rings. The summed E-state index contributed by atoms with van der Waals surface area (Å²) in [5, 5.41) is 2.85. The fourth-order valence-electron chi connectivity index (χ4n) is 3.30. The van der Waals surface area contributed by atoms with Crippen molar-refractivity contribution in [2.75, 3.05) is 20.2 Å². The van der Waals surface area contributed by atoms with Gasteiger partial charge in [-0.1, -0.05) is 26.0 Å². The monoisotopic (exact) mass is 443 g/mol. The van der Waals surface area contributed by atoms with Crippen LogP contribution in [0.3, 0.4) is 0 Å². The zero-order valence-corrected chi connectivity index (χ0v) is 18.5. The fraction of sp³-hybridized carbons (Fsp3) is 0.273. The SMILES string of the molecule is CCN(CC)S(=O)(=O)c1ccc2[nH]cc(C(=O)NCc3cccc(OC)c3)c(=O)c2c1. The Morgan fingerprint density at radius 1 is 1.13 bits per heavy atom. The van der Waals surface area contributed by atoms with E-state index in [0.29, 0.717) is 24.4 Å². The number of pyridine rings is 1. The van der Waals surface area contributed by atoms with Crippen LogP contribution in [0.1, 0.15) is 29.8 Å². The summed E-state index contributed by atoms with van der Waals surface area (Å²) < 4.78 is 32.1. The van der Waals surface area contributed by atoms with Gasteiger partial charge in [0.1, 0.15) is 11.3 Å². The number of fused-ring (bicyclic) bond motifs is 1. The van der Waals surface area contributed by atoms with Crippen molar-refractivity contribution in [2.24, 2.45) is 0 Å². The lowest BCUT2D eigenvalue weighted by Gasteiger charge is -2.18. The predicted octanol–water partition coefficient (Wildman–Crippen LogP) is 2.50. The molecule has 0 atom stereocenters. The van der Waals surface area contributed by atoms with E-state index in [2.05, 4.69) is 10.3 Å². The summed E-state index contributed by atoms with van der Waals surface area (Å²) in [5.74, 6) is 0.111. The number of carbonyl (C=O) groups excluding carboxylic acids is 1. The Morgan fingerprint density at radius 3 is 2.55 bits per heavy atom. The molecule has 0 saturated carbocycles. The zero-order valence-electron chi connectivity index (χ0n) is 17.6. The minimum atomic E-state index is -3.73. The molecular formula is C22H25N3O5S. The molecule has 3 rings (SSSR count). The summed E-state index contributed by atoms with van der Waals surface area (Å²) in [6, 6.07) is 11.5. The van der Waals surface area contributed by atoms with Gasteiger partial charge in [0.2, 0.25) is 15.5 Å². The number of hydrogen-bond donors (Lipinski definition) is 2. The van der Waals surface area contributed by atoms with Crippen LogP contribution < -0.4 is 15.5 Å². The quantitative estimate of drug-likeness (QED) is 0.556. The molecule has 164 valence electrons. The van der Waals surface area contributed by atoms with E-state index in [4.69, 9.17) is 4.74 Å². The van der Waals surface area contributed by atoms with Gasteiger partial charge in [0, 0.05) is 36.7 Å². The zero-order chi connectivity index (χ0) is 22.6. The van der Waals surface area contributed by atoms with Crippen molar-refractivity contribution in [3.63, 3.8) is 0 Å². The molecule has 0 fully saturated rings. The highest BCUT2D eigenvalue weighted by Gasteiger charge is 2.23. The molecule has 31 heavy (non-hydrogen) atoms. The van der Waals surface area contributed by atoms with E-state index in [9.17, 15) is 18.0 Å². The Hall–Kier alpha value is -3.17. The molecule has 2 aromatic carbocycles. The minimum absolute atomic E-state index is 0.0168. The average Bonchev–Trinajstić information content (AvgIpc) is 2.78. The smallest absolute Gasteiger partial charge is 0.257 e. The van der Waals surface area contributed by atoms with E-state index in [0.717, 1.165) is 5.56 Å². The first kappa shape index (κ1) is 22.5. The van der Waals surface area contributed by atoms with Crippen LogP contribution in [-0.2, 0) is 16.6 Å². The number of nitrogens with one attached hydrogen (secondary N) is 2. The maximum Gasteiger partial charge on any atom is 0.257 e. The molecule has 0 saturated heterocycles. The van der Waals surface area contributed by atoms with Crippen molar-refractivity contribution in [2.45, 2.75) is 25.3 Å². The Bertz CT molecular complexity index is 1260. The van der Waals surface area contributed by atoms with Gasteiger partial charge in [0.25, 0.3) is 5.91 Å². The van der Waals surface area contributed by atoms with Gasteiger partial charge in [-0.15, -0.1) is 0 Å². The number of aromatic nitrogens is 1. The van der Waals surface area contributed by atoms with E-state index < -0.39 is 21.4 Å². The number of rotatable bonds is 8. The van der Waals surface area contributed by atoms with Crippen LogP contribution in [-0.4, -0.2) is 43.8 Å². The molecule has 8 nitrogen and oxygen atoms in total. The normalized spacial score (nSPS) is 11.6. The summed E-state index contributed by atoms with van der Waals surface area (Å²) >= 11 is 0.